The molecule has 0 aromatic heterocycles. The molecule has 0 aromatic carbocycles. The highest BCUT2D eigenvalue weighted by Crippen LogP contribution is 2.37. The molecule has 0 aliphatic carbocycles. The summed E-state index contributed by atoms with van der Waals surface area (Å²) in [6.45, 7) is 5.90. The van der Waals surface area contributed by atoms with E-state index in [9.17, 15) is 9.59 Å². The first-order valence-corrected chi connectivity index (χ1v) is 4.74. The van der Waals surface area contributed by atoms with Crippen LogP contribution in [0.25, 0.3) is 0 Å². The number of amides is 1. The lowest BCUT2D eigenvalue weighted by molar-refractivity contribution is -0.145. The van der Waals surface area contributed by atoms with Crippen molar-refractivity contribution in [1.82, 2.24) is 4.90 Å². The van der Waals surface area contributed by atoms with E-state index in [0.29, 0.717) is 6.42 Å². The number of carboxylic acids is 1. The highest BCUT2D eigenvalue weighted by atomic mass is 16.4. The smallest absolute Gasteiger partial charge is 0.326 e. The van der Waals surface area contributed by atoms with Gasteiger partial charge in [-0.25, -0.2) is 4.79 Å². The van der Waals surface area contributed by atoms with Crippen LogP contribution in [0.15, 0.2) is 0 Å². The first-order valence-electron chi connectivity index (χ1n) is 4.74. The Morgan fingerprint density at radius 2 is 2.00 bits per heavy atom. The van der Waals surface area contributed by atoms with Crippen molar-refractivity contribution in [2.75, 3.05) is 7.05 Å². The van der Waals surface area contributed by atoms with Crippen molar-refractivity contribution in [3.8, 4) is 0 Å². The van der Waals surface area contributed by atoms with E-state index in [1.54, 1.807) is 7.05 Å². The number of rotatable bonds is 1. The van der Waals surface area contributed by atoms with Crippen LogP contribution in [0.1, 0.15) is 27.2 Å². The van der Waals surface area contributed by atoms with Gasteiger partial charge in [-0.1, -0.05) is 20.8 Å². The molecule has 4 nitrogen and oxygen atoms in total. The predicted octanol–water partition coefficient (Wildman–Crippen LogP) is 0.964. The average molecular weight is 199 g/mol. The summed E-state index contributed by atoms with van der Waals surface area (Å²) >= 11 is 0. The normalized spacial score (nSPS) is 28.3. The number of carboxylic acid groups (broad SMARTS) is 1. The summed E-state index contributed by atoms with van der Waals surface area (Å²) in [5.41, 5.74) is -0.157. The number of nitrogens with zero attached hydrogens (tertiary/aromatic N) is 1. The van der Waals surface area contributed by atoms with E-state index in [1.807, 2.05) is 20.8 Å². The lowest BCUT2D eigenvalue weighted by Gasteiger charge is -2.24. The predicted molar refractivity (Wildman–Crippen MR) is 51.8 cm³/mol. The number of carbonyl (C=O) groups is 2. The van der Waals surface area contributed by atoms with Gasteiger partial charge in [-0.15, -0.1) is 0 Å². The first kappa shape index (κ1) is 11.0. The molecule has 1 aliphatic rings. The number of likely N-dealkylation sites (N-methyl/N-ethyl adjacent to an activating group) is 1. The zero-order chi connectivity index (χ0) is 11.1. The summed E-state index contributed by atoms with van der Waals surface area (Å²) in [6.07, 6.45) is 0.425. The number of aliphatic carboxylic acids is 1. The van der Waals surface area contributed by atoms with Crippen molar-refractivity contribution in [3.63, 3.8) is 0 Å². The molecule has 14 heavy (non-hydrogen) atoms. The molecule has 2 unspecified atom stereocenters. The fraction of sp³-hybridized carbons (Fsp3) is 0.800. The average Bonchev–Trinajstić information content (AvgIpc) is 2.28. The largest absolute Gasteiger partial charge is 0.480 e. The molecule has 1 fully saturated rings. The summed E-state index contributed by atoms with van der Waals surface area (Å²) < 4.78 is 0. The van der Waals surface area contributed by atoms with Gasteiger partial charge < -0.3 is 10.0 Å². The molecule has 0 saturated carbocycles. The third-order valence-corrected chi connectivity index (χ3v) is 2.90. The van der Waals surface area contributed by atoms with Crippen molar-refractivity contribution in [2.24, 2.45) is 11.3 Å². The Hall–Kier alpha value is -1.06. The molecule has 0 aromatic rings. The molecule has 1 rings (SSSR count). The van der Waals surface area contributed by atoms with Gasteiger partial charge in [0.15, 0.2) is 0 Å². The van der Waals surface area contributed by atoms with E-state index < -0.39 is 12.0 Å². The van der Waals surface area contributed by atoms with Crippen molar-refractivity contribution in [1.29, 1.82) is 0 Å². The molecule has 2 atom stereocenters. The SMILES string of the molecule is CN1C(=O)C(C(C)(C)C)CC1C(=O)O. The van der Waals surface area contributed by atoms with Crippen molar-refractivity contribution >= 4 is 11.9 Å². The van der Waals surface area contributed by atoms with Gasteiger partial charge in [-0.3, -0.25) is 4.79 Å². The van der Waals surface area contributed by atoms with Crippen LogP contribution in [-0.4, -0.2) is 35.0 Å². The monoisotopic (exact) mass is 199 g/mol. The summed E-state index contributed by atoms with van der Waals surface area (Å²) in [6, 6.07) is -0.647. The molecule has 1 N–H and O–H groups in total. The van der Waals surface area contributed by atoms with Gasteiger partial charge in [0.2, 0.25) is 5.91 Å². The van der Waals surface area contributed by atoms with Crippen LogP contribution >= 0.6 is 0 Å². The van der Waals surface area contributed by atoms with Crippen LogP contribution in [-0.2, 0) is 9.59 Å². The lowest BCUT2D eigenvalue weighted by Crippen LogP contribution is -2.36. The van der Waals surface area contributed by atoms with E-state index >= 15 is 0 Å². The molecule has 80 valence electrons. The summed E-state index contributed by atoms with van der Waals surface area (Å²) in [5, 5.41) is 8.89. The zero-order valence-corrected chi connectivity index (χ0v) is 9.07. The Morgan fingerprint density at radius 1 is 1.50 bits per heavy atom. The molecule has 1 amide bonds. The van der Waals surface area contributed by atoms with Crippen LogP contribution in [0.2, 0.25) is 0 Å². The summed E-state index contributed by atoms with van der Waals surface area (Å²) in [4.78, 5) is 23.9. The van der Waals surface area contributed by atoms with Crippen LogP contribution in [0, 0.1) is 11.3 Å². The summed E-state index contributed by atoms with van der Waals surface area (Å²) in [5.74, 6) is -1.13. The molecular formula is C10H17NO3. The van der Waals surface area contributed by atoms with E-state index in [4.69, 9.17) is 5.11 Å². The third-order valence-electron chi connectivity index (χ3n) is 2.90. The topological polar surface area (TPSA) is 57.6 Å². The van der Waals surface area contributed by atoms with Crippen molar-refractivity contribution in [3.05, 3.63) is 0 Å². The van der Waals surface area contributed by atoms with Gasteiger partial charge >= 0.3 is 5.97 Å². The van der Waals surface area contributed by atoms with E-state index in [1.165, 1.54) is 4.90 Å². The minimum atomic E-state index is -0.910. The number of hydrogen-bond donors (Lipinski definition) is 1. The van der Waals surface area contributed by atoms with Gasteiger partial charge in [-0.05, 0) is 11.8 Å². The van der Waals surface area contributed by atoms with Gasteiger partial charge in [0.05, 0.1) is 0 Å². The van der Waals surface area contributed by atoms with Crippen LogP contribution < -0.4 is 0 Å². The highest BCUT2D eigenvalue weighted by Gasteiger charge is 2.46. The number of hydrogen-bond acceptors (Lipinski definition) is 2. The number of likely N-dealkylation sites (tertiary alicyclic amines) is 1. The maximum atomic E-state index is 11.7. The van der Waals surface area contributed by atoms with Gasteiger partial charge in [-0.2, -0.15) is 0 Å². The fourth-order valence-electron chi connectivity index (χ4n) is 1.87. The Morgan fingerprint density at radius 3 is 2.21 bits per heavy atom. The van der Waals surface area contributed by atoms with Crippen LogP contribution in [0.3, 0.4) is 0 Å². The minimum absolute atomic E-state index is 0.0510. The highest BCUT2D eigenvalue weighted by molar-refractivity contribution is 5.89. The van der Waals surface area contributed by atoms with Gasteiger partial charge in [0, 0.05) is 13.0 Å². The Labute approximate surface area is 83.9 Å². The summed E-state index contributed by atoms with van der Waals surface area (Å²) in [7, 11) is 1.56. The van der Waals surface area contributed by atoms with Crippen molar-refractivity contribution < 1.29 is 14.7 Å². The molecule has 0 bridgehead atoms. The maximum absolute atomic E-state index is 11.7. The van der Waals surface area contributed by atoms with Gasteiger partial charge in [0.1, 0.15) is 6.04 Å². The molecule has 1 saturated heterocycles. The molecule has 4 heteroatoms. The van der Waals surface area contributed by atoms with Crippen LogP contribution in [0.5, 0.6) is 0 Å². The second kappa shape index (κ2) is 3.26. The quantitative estimate of drug-likeness (QED) is 0.684. The zero-order valence-electron chi connectivity index (χ0n) is 9.07. The van der Waals surface area contributed by atoms with Crippen LogP contribution in [0.4, 0.5) is 0 Å². The molecule has 1 aliphatic heterocycles. The van der Waals surface area contributed by atoms with E-state index in [-0.39, 0.29) is 17.2 Å². The maximum Gasteiger partial charge on any atom is 0.326 e. The lowest BCUT2D eigenvalue weighted by atomic mass is 9.79. The second-order valence-electron chi connectivity index (χ2n) is 4.96. The third kappa shape index (κ3) is 1.74. The van der Waals surface area contributed by atoms with E-state index in [2.05, 4.69) is 0 Å². The Balaban J connectivity index is 2.88. The second-order valence-corrected chi connectivity index (χ2v) is 4.96. The first-order chi connectivity index (χ1) is 6.25. The van der Waals surface area contributed by atoms with Gasteiger partial charge in [0.25, 0.3) is 0 Å². The molecule has 1 heterocycles. The standard InChI is InChI=1S/C10H17NO3/c1-10(2,3)6-5-7(9(13)14)11(4)8(6)12/h6-7H,5H2,1-4H3,(H,13,14). The van der Waals surface area contributed by atoms with E-state index in [0.717, 1.165) is 0 Å². The Bertz CT molecular complexity index is 267. The minimum Gasteiger partial charge on any atom is -0.480 e. The molecular weight excluding hydrogens is 182 g/mol. The van der Waals surface area contributed by atoms with Crippen molar-refractivity contribution in [2.45, 2.75) is 33.2 Å². The molecule has 0 radical (unpaired) electrons. The number of carbonyl (C=O) groups excluding carboxylic acids is 1. The Kier molecular flexibility index (Phi) is 2.56. The fourth-order valence-corrected chi connectivity index (χ4v) is 1.87. The molecule has 0 spiro atoms.